The van der Waals surface area contributed by atoms with Crippen LogP contribution in [0.4, 0.5) is 4.39 Å². The number of nitrogens with zero attached hydrogens (tertiary/aromatic N) is 4. The topological polar surface area (TPSA) is 63.9 Å². The molecule has 0 amide bonds. The van der Waals surface area contributed by atoms with E-state index in [1.54, 1.807) is 23.9 Å². The summed E-state index contributed by atoms with van der Waals surface area (Å²) in [4.78, 5) is 6.58. The van der Waals surface area contributed by atoms with Crippen molar-refractivity contribution in [2.45, 2.75) is 12.5 Å². The zero-order valence-corrected chi connectivity index (χ0v) is 15.8. The van der Waals surface area contributed by atoms with Gasteiger partial charge < -0.3 is 19.7 Å². The van der Waals surface area contributed by atoms with E-state index in [2.05, 4.69) is 20.3 Å². The molecule has 3 rings (SSSR count). The number of hydrogen-bond donors (Lipinski definition) is 1. The Morgan fingerprint density at radius 1 is 1.41 bits per heavy atom. The van der Waals surface area contributed by atoms with Gasteiger partial charge in [-0.05, 0) is 30.7 Å². The smallest absolute Gasteiger partial charge is 0.193 e. The molecule has 0 radical (unpaired) electrons. The highest BCUT2D eigenvalue weighted by Crippen LogP contribution is 2.21. The zero-order chi connectivity index (χ0) is 19.1. The first-order chi connectivity index (χ1) is 13.2. The maximum Gasteiger partial charge on any atom is 0.193 e. The Labute approximate surface area is 158 Å². The molecule has 0 bridgehead atoms. The second-order valence-corrected chi connectivity index (χ2v) is 6.38. The highest BCUT2D eigenvalue weighted by Gasteiger charge is 2.24. The first kappa shape index (κ1) is 19.2. The largest absolute Gasteiger partial charge is 0.494 e. The number of aryl methyl sites for hydroxylation is 1. The summed E-state index contributed by atoms with van der Waals surface area (Å²) in [6.07, 6.45) is 4.63. The van der Waals surface area contributed by atoms with Crippen molar-refractivity contribution in [3.05, 3.63) is 48.0 Å². The van der Waals surface area contributed by atoms with Gasteiger partial charge in [-0.25, -0.2) is 4.39 Å². The van der Waals surface area contributed by atoms with E-state index in [9.17, 15) is 4.39 Å². The maximum absolute atomic E-state index is 12.9. The second-order valence-electron chi connectivity index (χ2n) is 6.38. The number of aliphatic imine (C=N–C) groups is 1. The van der Waals surface area contributed by atoms with Crippen LogP contribution >= 0.6 is 0 Å². The molecule has 0 spiro atoms. The van der Waals surface area contributed by atoms with Crippen LogP contribution in [0.5, 0.6) is 5.75 Å². The highest BCUT2D eigenvalue weighted by atomic mass is 19.1. The third-order valence-corrected chi connectivity index (χ3v) is 4.36. The SMILES string of the molecule is CN=C(NCCCOc1ccc(F)cc1)N1CCOC(c2cnn(C)c2)C1. The van der Waals surface area contributed by atoms with Crippen LogP contribution in [0, 0.1) is 5.82 Å². The van der Waals surface area contributed by atoms with Gasteiger partial charge in [0, 0.05) is 38.9 Å². The Morgan fingerprint density at radius 2 is 2.22 bits per heavy atom. The summed E-state index contributed by atoms with van der Waals surface area (Å²) in [7, 11) is 3.69. The Hall–Kier alpha value is -2.61. The molecule has 0 aliphatic carbocycles. The van der Waals surface area contributed by atoms with E-state index in [0.717, 1.165) is 37.6 Å². The van der Waals surface area contributed by atoms with E-state index in [4.69, 9.17) is 9.47 Å². The van der Waals surface area contributed by atoms with Gasteiger partial charge in [0.05, 0.1) is 26.0 Å². The van der Waals surface area contributed by atoms with Crippen LogP contribution in [0.15, 0.2) is 41.7 Å². The average molecular weight is 375 g/mol. The van der Waals surface area contributed by atoms with Gasteiger partial charge in [-0.15, -0.1) is 0 Å². The molecule has 2 aromatic rings. The first-order valence-corrected chi connectivity index (χ1v) is 9.10. The van der Waals surface area contributed by atoms with Gasteiger partial charge >= 0.3 is 0 Å². The molecule has 146 valence electrons. The minimum Gasteiger partial charge on any atom is -0.494 e. The average Bonchev–Trinajstić information content (AvgIpc) is 3.13. The van der Waals surface area contributed by atoms with Crippen molar-refractivity contribution in [1.29, 1.82) is 0 Å². The molecular formula is C19H26FN5O2. The molecule has 1 unspecified atom stereocenters. The molecule has 1 N–H and O–H groups in total. The number of nitrogens with one attached hydrogen (secondary N) is 1. The number of hydrogen-bond acceptors (Lipinski definition) is 4. The molecule has 8 heteroatoms. The molecule has 1 fully saturated rings. The van der Waals surface area contributed by atoms with E-state index in [1.165, 1.54) is 12.1 Å². The van der Waals surface area contributed by atoms with Gasteiger partial charge in [-0.3, -0.25) is 9.67 Å². The van der Waals surface area contributed by atoms with Crippen molar-refractivity contribution in [2.24, 2.45) is 12.0 Å². The normalized spacial score (nSPS) is 17.8. The summed E-state index contributed by atoms with van der Waals surface area (Å²) in [5.74, 6) is 1.27. The van der Waals surface area contributed by atoms with Crippen LogP contribution in [0.1, 0.15) is 18.1 Å². The minimum atomic E-state index is -0.261. The lowest BCUT2D eigenvalue weighted by Gasteiger charge is -2.34. The van der Waals surface area contributed by atoms with Crippen molar-refractivity contribution >= 4 is 5.96 Å². The predicted octanol–water partition coefficient (Wildman–Crippen LogP) is 1.98. The quantitative estimate of drug-likeness (QED) is 0.475. The molecule has 7 nitrogen and oxygen atoms in total. The minimum absolute atomic E-state index is 0.00666. The Kier molecular flexibility index (Phi) is 6.64. The summed E-state index contributed by atoms with van der Waals surface area (Å²) >= 11 is 0. The standard InChI is InChI=1S/C19H26FN5O2/c1-21-19(22-8-3-10-26-17-6-4-16(20)5-7-17)25-9-11-27-18(14-25)15-12-23-24(2)13-15/h4-7,12-13,18H,3,8-11,14H2,1-2H3,(H,21,22). The molecular weight excluding hydrogens is 349 g/mol. The summed E-state index contributed by atoms with van der Waals surface area (Å²) in [5.41, 5.74) is 1.07. The Bertz CT molecular complexity index is 747. The van der Waals surface area contributed by atoms with Gasteiger partial charge in [-0.2, -0.15) is 5.10 Å². The van der Waals surface area contributed by atoms with E-state index in [-0.39, 0.29) is 11.9 Å². The van der Waals surface area contributed by atoms with Gasteiger partial charge in [0.2, 0.25) is 0 Å². The third kappa shape index (κ3) is 5.43. The summed E-state index contributed by atoms with van der Waals surface area (Å²) in [6, 6.07) is 6.06. The number of ether oxygens (including phenoxy) is 2. The predicted molar refractivity (Wildman–Crippen MR) is 101 cm³/mol. The van der Waals surface area contributed by atoms with Crippen molar-refractivity contribution in [3.8, 4) is 5.75 Å². The van der Waals surface area contributed by atoms with Crippen LogP contribution < -0.4 is 10.1 Å². The number of halogens is 1. The summed E-state index contributed by atoms with van der Waals surface area (Å²) in [6.45, 7) is 3.47. The van der Waals surface area contributed by atoms with Crippen molar-refractivity contribution in [1.82, 2.24) is 20.0 Å². The zero-order valence-electron chi connectivity index (χ0n) is 15.8. The Morgan fingerprint density at radius 3 is 2.93 bits per heavy atom. The fraction of sp³-hybridized carbons (Fsp3) is 0.474. The third-order valence-electron chi connectivity index (χ3n) is 4.36. The molecule has 1 aromatic carbocycles. The summed E-state index contributed by atoms with van der Waals surface area (Å²) in [5, 5.41) is 7.59. The van der Waals surface area contributed by atoms with Crippen LogP contribution in [0.2, 0.25) is 0 Å². The molecule has 0 saturated carbocycles. The molecule has 1 aromatic heterocycles. The van der Waals surface area contributed by atoms with E-state index < -0.39 is 0 Å². The molecule has 1 aliphatic heterocycles. The number of morpholine rings is 1. The van der Waals surface area contributed by atoms with E-state index >= 15 is 0 Å². The number of rotatable bonds is 6. The van der Waals surface area contributed by atoms with Gasteiger partial charge in [0.25, 0.3) is 0 Å². The fourth-order valence-electron chi connectivity index (χ4n) is 2.98. The Balaban J connectivity index is 1.42. The lowest BCUT2D eigenvalue weighted by atomic mass is 10.1. The second kappa shape index (κ2) is 9.36. The van der Waals surface area contributed by atoms with E-state index in [1.807, 2.05) is 19.4 Å². The molecule has 1 saturated heterocycles. The molecule has 1 atom stereocenters. The number of aromatic nitrogens is 2. The molecule has 1 aliphatic rings. The van der Waals surface area contributed by atoms with Gasteiger partial charge in [0.15, 0.2) is 5.96 Å². The lowest BCUT2D eigenvalue weighted by molar-refractivity contribution is -0.00803. The lowest BCUT2D eigenvalue weighted by Crippen LogP contribution is -2.48. The maximum atomic E-state index is 12.9. The van der Waals surface area contributed by atoms with Crippen LogP contribution in [-0.2, 0) is 11.8 Å². The monoisotopic (exact) mass is 375 g/mol. The van der Waals surface area contributed by atoms with E-state index in [0.29, 0.717) is 19.0 Å². The number of guanidine groups is 1. The van der Waals surface area contributed by atoms with Crippen molar-refractivity contribution < 1.29 is 13.9 Å². The van der Waals surface area contributed by atoms with Gasteiger partial charge in [0.1, 0.15) is 17.7 Å². The van der Waals surface area contributed by atoms with Crippen LogP contribution in [-0.4, -0.2) is 60.5 Å². The van der Waals surface area contributed by atoms with Gasteiger partial charge in [-0.1, -0.05) is 0 Å². The van der Waals surface area contributed by atoms with Crippen LogP contribution in [0.25, 0.3) is 0 Å². The number of benzene rings is 1. The molecule has 27 heavy (non-hydrogen) atoms. The van der Waals surface area contributed by atoms with Crippen molar-refractivity contribution in [2.75, 3.05) is 39.9 Å². The highest BCUT2D eigenvalue weighted by molar-refractivity contribution is 5.80. The van der Waals surface area contributed by atoms with Crippen molar-refractivity contribution in [3.63, 3.8) is 0 Å². The fourth-order valence-corrected chi connectivity index (χ4v) is 2.98. The first-order valence-electron chi connectivity index (χ1n) is 9.10. The molecule has 2 heterocycles. The van der Waals surface area contributed by atoms with Crippen LogP contribution in [0.3, 0.4) is 0 Å². The summed E-state index contributed by atoms with van der Waals surface area (Å²) < 4.78 is 26.1.